The molecule has 1 aliphatic heterocycles. The molecule has 1 saturated heterocycles. The van der Waals surface area contributed by atoms with Crippen molar-refractivity contribution < 1.29 is 4.79 Å². The highest BCUT2D eigenvalue weighted by Gasteiger charge is 2.38. The van der Waals surface area contributed by atoms with Crippen LogP contribution in [0, 0.1) is 0 Å². The van der Waals surface area contributed by atoms with Gasteiger partial charge in [-0.1, -0.05) is 13.8 Å². The van der Waals surface area contributed by atoms with Crippen LogP contribution in [0.1, 0.15) is 26.7 Å². The summed E-state index contributed by atoms with van der Waals surface area (Å²) < 4.78 is 0. The molecule has 0 spiro atoms. The van der Waals surface area contributed by atoms with Crippen LogP contribution in [0.15, 0.2) is 0 Å². The molecule has 0 saturated carbocycles. The predicted molar refractivity (Wildman–Crippen MR) is 74.4 cm³/mol. The molecular formula is C13H28N4O. The van der Waals surface area contributed by atoms with Gasteiger partial charge >= 0.3 is 0 Å². The van der Waals surface area contributed by atoms with E-state index in [0.717, 1.165) is 52.1 Å². The van der Waals surface area contributed by atoms with Crippen molar-refractivity contribution in [1.29, 1.82) is 0 Å². The molecule has 0 atom stereocenters. The molecule has 0 aromatic heterocycles. The number of carbonyl (C=O) groups is 1. The normalized spacial score (nSPS) is 20.2. The van der Waals surface area contributed by atoms with Crippen LogP contribution in [0.4, 0.5) is 0 Å². The van der Waals surface area contributed by atoms with Crippen molar-refractivity contribution in [3.63, 3.8) is 0 Å². The second-order valence-corrected chi connectivity index (χ2v) is 5.20. The van der Waals surface area contributed by atoms with Crippen LogP contribution in [0.25, 0.3) is 0 Å². The largest absolute Gasteiger partial charge is 0.368 e. The number of carbonyl (C=O) groups excluding carboxylic acids is 1. The molecule has 106 valence electrons. The average Bonchev–Trinajstić information content (AvgIpc) is 2.37. The van der Waals surface area contributed by atoms with Gasteiger partial charge in [-0.3, -0.25) is 4.79 Å². The van der Waals surface area contributed by atoms with E-state index in [4.69, 9.17) is 5.73 Å². The SMILES string of the molecule is CCN(CC)CCNC1(C(N)=O)CCN(C)CC1. The lowest BCUT2D eigenvalue weighted by Gasteiger charge is -2.39. The first-order chi connectivity index (χ1) is 8.54. The summed E-state index contributed by atoms with van der Waals surface area (Å²) in [5.74, 6) is -0.199. The van der Waals surface area contributed by atoms with Gasteiger partial charge < -0.3 is 20.9 Å². The number of likely N-dealkylation sites (N-methyl/N-ethyl adjacent to an activating group) is 1. The number of nitrogens with one attached hydrogen (secondary N) is 1. The van der Waals surface area contributed by atoms with Gasteiger partial charge in [0.15, 0.2) is 0 Å². The Morgan fingerprint density at radius 1 is 1.33 bits per heavy atom. The van der Waals surface area contributed by atoms with E-state index in [2.05, 4.69) is 36.0 Å². The summed E-state index contributed by atoms with van der Waals surface area (Å²) in [6.07, 6.45) is 1.63. The van der Waals surface area contributed by atoms with Crippen LogP contribution in [0.3, 0.4) is 0 Å². The van der Waals surface area contributed by atoms with Crippen molar-refractivity contribution in [2.24, 2.45) is 5.73 Å². The summed E-state index contributed by atoms with van der Waals surface area (Å²) in [4.78, 5) is 16.3. The van der Waals surface area contributed by atoms with Gasteiger partial charge in [0, 0.05) is 26.2 Å². The third-order valence-corrected chi connectivity index (χ3v) is 4.10. The van der Waals surface area contributed by atoms with Gasteiger partial charge in [-0.2, -0.15) is 0 Å². The lowest BCUT2D eigenvalue weighted by Crippen LogP contribution is -2.61. The average molecular weight is 256 g/mol. The van der Waals surface area contributed by atoms with Crippen LogP contribution >= 0.6 is 0 Å². The number of amides is 1. The number of piperidine rings is 1. The fourth-order valence-electron chi connectivity index (χ4n) is 2.50. The highest BCUT2D eigenvalue weighted by Crippen LogP contribution is 2.21. The van der Waals surface area contributed by atoms with Crippen molar-refractivity contribution in [3.05, 3.63) is 0 Å². The standard InChI is InChI=1S/C13H28N4O/c1-4-17(5-2)11-8-15-13(12(14)18)6-9-16(3)10-7-13/h15H,4-11H2,1-3H3,(H2,14,18). The number of hydrogen-bond donors (Lipinski definition) is 2. The molecule has 1 heterocycles. The van der Waals surface area contributed by atoms with Crippen LogP contribution in [-0.2, 0) is 4.79 Å². The maximum atomic E-state index is 11.7. The molecule has 1 fully saturated rings. The second kappa shape index (κ2) is 7.07. The van der Waals surface area contributed by atoms with E-state index >= 15 is 0 Å². The first-order valence-electron chi connectivity index (χ1n) is 7.00. The summed E-state index contributed by atoms with van der Waals surface area (Å²) >= 11 is 0. The van der Waals surface area contributed by atoms with Gasteiger partial charge in [-0.25, -0.2) is 0 Å². The van der Waals surface area contributed by atoms with Crippen molar-refractivity contribution in [1.82, 2.24) is 15.1 Å². The van der Waals surface area contributed by atoms with E-state index < -0.39 is 5.54 Å². The minimum atomic E-state index is -0.486. The maximum Gasteiger partial charge on any atom is 0.237 e. The summed E-state index contributed by atoms with van der Waals surface area (Å²) in [5, 5.41) is 3.41. The fraction of sp³-hybridized carbons (Fsp3) is 0.923. The Kier molecular flexibility index (Phi) is 6.05. The molecule has 0 aromatic carbocycles. The Balaban J connectivity index is 2.46. The zero-order valence-corrected chi connectivity index (χ0v) is 12.0. The fourth-order valence-corrected chi connectivity index (χ4v) is 2.50. The zero-order valence-electron chi connectivity index (χ0n) is 12.0. The summed E-state index contributed by atoms with van der Waals surface area (Å²) in [7, 11) is 2.08. The summed E-state index contributed by atoms with van der Waals surface area (Å²) in [6.45, 7) is 10.1. The van der Waals surface area contributed by atoms with E-state index in [0.29, 0.717) is 0 Å². The van der Waals surface area contributed by atoms with Gasteiger partial charge in [-0.05, 0) is 33.0 Å². The third-order valence-electron chi connectivity index (χ3n) is 4.10. The Bertz CT molecular complexity index is 258. The zero-order chi connectivity index (χ0) is 13.6. The lowest BCUT2D eigenvalue weighted by atomic mass is 9.87. The van der Waals surface area contributed by atoms with Crippen LogP contribution in [-0.4, -0.2) is 67.6 Å². The molecule has 1 amide bonds. The minimum absolute atomic E-state index is 0.199. The van der Waals surface area contributed by atoms with Crippen molar-refractivity contribution in [2.45, 2.75) is 32.2 Å². The van der Waals surface area contributed by atoms with Crippen molar-refractivity contribution in [2.75, 3.05) is 46.3 Å². The molecule has 0 unspecified atom stereocenters. The second-order valence-electron chi connectivity index (χ2n) is 5.20. The number of primary amides is 1. The highest BCUT2D eigenvalue weighted by molar-refractivity contribution is 5.84. The molecule has 0 aromatic rings. The number of hydrogen-bond acceptors (Lipinski definition) is 4. The monoisotopic (exact) mass is 256 g/mol. The van der Waals surface area contributed by atoms with Crippen molar-refractivity contribution in [3.8, 4) is 0 Å². The van der Waals surface area contributed by atoms with E-state index in [1.807, 2.05) is 0 Å². The van der Waals surface area contributed by atoms with Gasteiger partial charge in [0.25, 0.3) is 0 Å². The van der Waals surface area contributed by atoms with Crippen LogP contribution in [0.2, 0.25) is 0 Å². The van der Waals surface area contributed by atoms with E-state index in [1.54, 1.807) is 0 Å². The van der Waals surface area contributed by atoms with Crippen LogP contribution in [0.5, 0.6) is 0 Å². The van der Waals surface area contributed by atoms with Crippen LogP contribution < -0.4 is 11.1 Å². The molecule has 5 heteroatoms. The first-order valence-corrected chi connectivity index (χ1v) is 7.00. The summed E-state index contributed by atoms with van der Waals surface area (Å²) in [6, 6.07) is 0. The first kappa shape index (κ1) is 15.4. The maximum absolute atomic E-state index is 11.7. The number of rotatable bonds is 7. The Morgan fingerprint density at radius 3 is 2.33 bits per heavy atom. The molecule has 5 nitrogen and oxygen atoms in total. The number of likely N-dealkylation sites (tertiary alicyclic amines) is 1. The Morgan fingerprint density at radius 2 is 1.89 bits per heavy atom. The molecule has 1 rings (SSSR count). The molecular weight excluding hydrogens is 228 g/mol. The number of nitrogens with two attached hydrogens (primary N) is 1. The molecule has 0 bridgehead atoms. The lowest BCUT2D eigenvalue weighted by molar-refractivity contribution is -0.126. The van der Waals surface area contributed by atoms with Gasteiger partial charge in [-0.15, -0.1) is 0 Å². The third kappa shape index (κ3) is 3.93. The summed E-state index contributed by atoms with van der Waals surface area (Å²) in [5.41, 5.74) is 5.11. The van der Waals surface area contributed by atoms with E-state index in [1.165, 1.54) is 0 Å². The molecule has 0 radical (unpaired) electrons. The van der Waals surface area contributed by atoms with E-state index in [9.17, 15) is 4.79 Å². The van der Waals surface area contributed by atoms with Gasteiger partial charge in [0.1, 0.15) is 5.54 Å². The van der Waals surface area contributed by atoms with Gasteiger partial charge in [0.2, 0.25) is 5.91 Å². The predicted octanol–water partition coefficient (Wildman–Crippen LogP) is -0.132. The van der Waals surface area contributed by atoms with Crippen molar-refractivity contribution >= 4 is 5.91 Å². The van der Waals surface area contributed by atoms with Gasteiger partial charge in [0.05, 0.1) is 0 Å². The quantitative estimate of drug-likeness (QED) is 0.666. The Hall–Kier alpha value is -0.650. The minimum Gasteiger partial charge on any atom is -0.368 e. The highest BCUT2D eigenvalue weighted by atomic mass is 16.1. The Labute approximate surface area is 111 Å². The topological polar surface area (TPSA) is 61.6 Å². The molecule has 18 heavy (non-hydrogen) atoms. The molecule has 3 N–H and O–H groups in total. The molecule has 1 aliphatic rings. The number of nitrogens with zero attached hydrogens (tertiary/aromatic N) is 2. The smallest absolute Gasteiger partial charge is 0.237 e. The van der Waals surface area contributed by atoms with E-state index in [-0.39, 0.29) is 5.91 Å². The molecule has 0 aliphatic carbocycles.